The fourth-order valence-electron chi connectivity index (χ4n) is 1.34. The summed E-state index contributed by atoms with van der Waals surface area (Å²) in [6.45, 7) is 1.92. The van der Waals surface area contributed by atoms with Crippen molar-refractivity contribution in [2.45, 2.75) is 19.4 Å². The van der Waals surface area contributed by atoms with E-state index in [1.807, 2.05) is 6.92 Å². The first-order valence-electron chi connectivity index (χ1n) is 5.13. The van der Waals surface area contributed by atoms with Gasteiger partial charge in [-0.25, -0.2) is 0 Å². The zero-order valence-electron chi connectivity index (χ0n) is 10.1. The minimum Gasteiger partial charge on any atom is -0.496 e. The number of ether oxygens (including phenoxy) is 1. The number of methoxy groups -OCH3 is 1. The minimum absolute atomic E-state index is 0.00639. The molecule has 94 valence electrons. The van der Waals surface area contributed by atoms with Gasteiger partial charge in [-0.15, -0.1) is 11.3 Å². The molecule has 1 unspecified atom stereocenters. The number of carbonyl (C=O) groups is 1. The van der Waals surface area contributed by atoms with E-state index in [2.05, 4.69) is 0 Å². The molecule has 6 heteroatoms. The number of thiocarbonyl (C=S) groups is 1. The number of nitrogens with two attached hydrogens (primary N) is 1. The first-order valence-corrected chi connectivity index (χ1v) is 6.42. The number of rotatable bonds is 5. The molecule has 1 aromatic heterocycles. The lowest BCUT2D eigenvalue weighted by atomic mass is 10.2. The van der Waals surface area contributed by atoms with Crippen molar-refractivity contribution < 1.29 is 9.53 Å². The highest BCUT2D eigenvalue weighted by Gasteiger charge is 2.19. The largest absolute Gasteiger partial charge is 0.496 e. The maximum Gasteiger partial charge on any atom is 0.264 e. The highest BCUT2D eigenvalue weighted by Crippen LogP contribution is 2.23. The van der Waals surface area contributed by atoms with Gasteiger partial charge in [-0.05, 0) is 6.92 Å². The van der Waals surface area contributed by atoms with E-state index in [0.717, 1.165) is 0 Å². The second-order valence-corrected chi connectivity index (χ2v) is 5.22. The topological polar surface area (TPSA) is 55.6 Å². The van der Waals surface area contributed by atoms with Crippen molar-refractivity contribution in [1.82, 2.24) is 4.90 Å². The summed E-state index contributed by atoms with van der Waals surface area (Å²) in [5.74, 6) is 0.663. The van der Waals surface area contributed by atoms with Crippen LogP contribution in [0.15, 0.2) is 11.4 Å². The summed E-state index contributed by atoms with van der Waals surface area (Å²) in [4.78, 5) is 14.8. The van der Waals surface area contributed by atoms with E-state index < -0.39 is 0 Å². The Kier molecular flexibility index (Phi) is 4.89. The van der Waals surface area contributed by atoms with Crippen LogP contribution in [0.5, 0.6) is 5.75 Å². The summed E-state index contributed by atoms with van der Waals surface area (Å²) in [6.07, 6.45) is 0.528. The van der Waals surface area contributed by atoms with E-state index in [1.165, 1.54) is 11.3 Å². The average Bonchev–Trinajstić information content (AvgIpc) is 2.74. The summed E-state index contributed by atoms with van der Waals surface area (Å²) < 4.78 is 5.05. The molecule has 0 aromatic carbocycles. The Morgan fingerprint density at radius 2 is 2.35 bits per heavy atom. The fourth-order valence-corrected chi connectivity index (χ4v) is 2.42. The third-order valence-corrected chi connectivity index (χ3v) is 3.56. The van der Waals surface area contributed by atoms with Crippen LogP contribution < -0.4 is 10.5 Å². The van der Waals surface area contributed by atoms with E-state index in [4.69, 9.17) is 22.7 Å². The standard InChI is InChI=1S/C11H16N2O2S2/c1-7(4-10(12)16)13(2)11(14)9-5-8(15-3)6-17-9/h5-7H,4H2,1-3H3,(H2,12,16). The molecule has 4 nitrogen and oxygen atoms in total. The van der Waals surface area contributed by atoms with Gasteiger partial charge in [-0.2, -0.15) is 0 Å². The molecule has 2 N–H and O–H groups in total. The van der Waals surface area contributed by atoms with Gasteiger partial charge in [0.1, 0.15) is 5.75 Å². The van der Waals surface area contributed by atoms with Gasteiger partial charge < -0.3 is 15.4 Å². The monoisotopic (exact) mass is 272 g/mol. The Bertz CT molecular complexity index is 417. The molecule has 0 saturated carbocycles. The van der Waals surface area contributed by atoms with E-state index in [0.29, 0.717) is 22.0 Å². The Morgan fingerprint density at radius 3 is 2.82 bits per heavy atom. The summed E-state index contributed by atoms with van der Waals surface area (Å²) in [5, 5.41) is 1.80. The van der Waals surface area contributed by atoms with Crippen molar-refractivity contribution in [3.63, 3.8) is 0 Å². The zero-order chi connectivity index (χ0) is 13.0. The molecule has 0 spiro atoms. The lowest BCUT2D eigenvalue weighted by Gasteiger charge is -2.23. The van der Waals surface area contributed by atoms with Crippen molar-refractivity contribution in [2.24, 2.45) is 5.73 Å². The first-order chi connectivity index (χ1) is 7.95. The normalized spacial score (nSPS) is 11.9. The van der Waals surface area contributed by atoms with Crippen molar-refractivity contribution in [2.75, 3.05) is 14.2 Å². The molecule has 1 aromatic rings. The third kappa shape index (κ3) is 3.67. The number of hydrogen-bond donors (Lipinski definition) is 1. The smallest absolute Gasteiger partial charge is 0.264 e. The first kappa shape index (κ1) is 13.9. The number of hydrogen-bond acceptors (Lipinski definition) is 4. The molecule has 0 aliphatic carbocycles. The minimum atomic E-state index is -0.0398. The summed E-state index contributed by atoms with van der Waals surface area (Å²) in [6, 6.07) is 1.73. The Hall–Kier alpha value is -1.14. The average molecular weight is 272 g/mol. The molecule has 1 heterocycles. The number of thiophene rings is 1. The molecule has 1 atom stereocenters. The van der Waals surface area contributed by atoms with E-state index in [-0.39, 0.29) is 11.9 Å². The highest BCUT2D eigenvalue weighted by atomic mass is 32.1. The molecule has 17 heavy (non-hydrogen) atoms. The molecule has 0 fully saturated rings. The van der Waals surface area contributed by atoms with Gasteiger partial charge in [0.05, 0.1) is 17.0 Å². The predicted molar refractivity (Wildman–Crippen MR) is 73.8 cm³/mol. The van der Waals surface area contributed by atoms with E-state index >= 15 is 0 Å². The lowest BCUT2D eigenvalue weighted by Crippen LogP contribution is -2.37. The molecule has 0 aliphatic rings. The molecule has 0 aliphatic heterocycles. The number of nitrogens with zero attached hydrogens (tertiary/aromatic N) is 1. The summed E-state index contributed by atoms with van der Waals surface area (Å²) >= 11 is 6.21. The van der Waals surface area contributed by atoms with Crippen LogP contribution in [-0.4, -0.2) is 36.0 Å². The van der Waals surface area contributed by atoms with Crippen molar-refractivity contribution in [3.05, 3.63) is 16.3 Å². The molecule has 0 bridgehead atoms. The van der Waals surface area contributed by atoms with Crippen LogP contribution >= 0.6 is 23.6 Å². The maximum absolute atomic E-state index is 12.1. The maximum atomic E-state index is 12.1. The van der Waals surface area contributed by atoms with Crippen LogP contribution in [0.25, 0.3) is 0 Å². The third-order valence-electron chi connectivity index (χ3n) is 2.50. The zero-order valence-corrected chi connectivity index (χ0v) is 11.7. The molecular weight excluding hydrogens is 256 g/mol. The van der Waals surface area contributed by atoms with Gasteiger partial charge in [-0.1, -0.05) is 12.2 Å². The van der Waals surface area contributed by atoms with Gasteiger partial charge in [0.25, 0.3) is 5.91 Å². The predicted octanol–water partition coefficient (Wildman–Crippen LogP) is 1.89. The summed E-state index contributed by atoms with van der Waals surface area (Å²) in [7, 11) is 3.33. The second-order valence-electron chi connectivity index (χ2n) is 3.79. The SMILES string of the molecule is COc1csc(C(=O)N(C)C(C)CC(N)=S)c1. The van der Waals surface area contributed by atoms with Gasteiger partial charge in [0.15, 0.2) is 0 Å². The van der Waals surface area contributed by atoms with Crippen LogP contribution in [0.4, 0.5) is 0 Å². The molecule has 1 rings (SSSR count). The van der Waals surface area contributed by atoms with Crippen molar-refractivity contribution >= 4 is 34.5 Å². The Labute approximate surface area is 110 Å². The molecule has 0 radical (unpaired) electrons. The van der Waals surface area contributed by atoms with Crippen molar-refractivity contribution in [1.29, 1.82) is 0 Å². The summed E-state index contributed by atoms with van der Waals surface area (Å²) in [5.41, 5.74) is 5.47. The number of amides is 1. The van der Waals surface area contributed by atoms with Crippen LogP contribution in [-0.2, 0) is 0 Å². The van der Waals surface area contributed by atoms with Gasteiger partial charge >= 0.3 is 0 Å². The Balaban J connectivity index is 2.71. The van der Waals surface area contributed by atoms with Crippen molar-refractivity contribution in [3.8, 4) is 5.75 Å². The number of carbonyl (C=O) groups excluding carboxylic acids is 1. The highest BCUT2D eigenvalue weighted by molar-refractivity contribution is 7.80. The van der Waals surface area contributed by atoms with E-state index in [9.17, 15) is 4.79 Å². The van der Waals surface area contributed by atoms with Crippen LogP contribution in [0.3, 0.4) is 0 Å². The molecule has 1 amide bonds. The van der Waals surface area contributed by atoms with Gasteiger partial charge in [0.2, 0.25) is 0 Å². The molecule has 0 saturated heterocycles. The van der Waals surface area contributed by atoms with Gasteiger partial charge in [-0.3, -0.25) is 4.79 Å². The second kappa shape index (κ2) is 5.97. The van der Waals surface area contributed by atoms with Gasteiger partial charge in [0, 0.05) is 31.0 Å². The fraction of sp³-hybridized carbons (Fsp3) is 0.455. The van der Waals surface area contributed by atoms with Crippen LogP contribution in [0.2, 0.25) is 0 Å². The van der Waals surface area contributed by atoms with Crippen LogP contribution in [0, 0.1) is 0 Å². The lowest BCUT2D eigenvalue weighted by molar-refractivity contribution is 0.0753. The van der Waals surface area contributed by atoms with E-state index in [1.54, 1.807) is 30.5 Å². The Morgan fingerprint density at radius 1 is 1.71 bits per heavy atom. The molecular formula is C11H16N2O2S2. The quantitative estimate of drug-likeness (QED) is 0.832. The van der Waals surface area contributed by atoms with Crippen LogP contribution in [0.1, 0.15) is 23.0 Å².